The van der Waals surface area contributed by atoms with Gasteiger partial charge in [0.05, 0.1) is 22.8 Å². The number of aliphatic imine (C=N–C) groups is 2. The molecule has 0 aliphatic rings. The summed E-state index contributed by atoms with van der Waals surface area (Å²) in [5.74, 6) is 0. The molecule has 1 heterocycles. The second-order valence-corrected chi connectivity index (χ2v) is 7.67. The van der Waals surface area contributed by atoms with Gasteiger partial charge in [0.2, 0.25) is 0 Å². The van der Waals surface area contributed by atoms with Crippen LogP contribution in [0.25, 0.3) is 0 Å². The molecular weight excluding hydrogens is 336 g/mol. The number of nitrogens with zero attached hydrogens (tertiary/aromatic N) is 2. The van der Waals surface area contributed by atoms with Crippen molar-refractivity contribution in [3.63, 3.8) is 0 Å². The van der Waals surface area contributed by atoms with Crippen LogP contribution in [0.2, 0.25) is 0 Å². The molecule has 0 fully saturated rings. The monoisotopic (exact) mass is 360 g/mol. The Morgan fingerprint density at radius 2 is 1.19 bits per heavy atom. The zero-order chi connectivity index (χ0) is 18.7. The zero-order valence-corrected chi connectivity index (χ0v) is 16.8. The van der Waals surface area contributed by atoms with Gasteiger partial charge in [0.1, 0.15) is 0 Å². The molecule has 3 aromatic rings. The molecule has 2 aromatic carbocycles. The predicted octanol–water partition coefficient (Wildman–Crippen LogP) is 6.95. The fourth-order valence-corrected chi connectivity index (χ4v) is 3.75. The third kappa shape index (κ3) is 4.00. The Morgan fingerprint density at radius 3 is 1.81 bits per heavy atom. The lowest BCUT2D eigenvalue weighted by atomic mass is 10.1. The number of thiophene rings is 1. The first-order valence-corrected chi connectivity index (χ1v) is 9.60. The molecular formula is C23H24N2S. The van der Waals surface area contributed by atoms with Crippen molar-refractivity contribution in [1.29, 1.82) is 0 Å². The summed E-state index contributed by atoms with van der Waals surface area (Å²) < 4.78 is 0. The SMILES string of the molecule is CC(=Nc1ccccc1C)c1ccc(C(C)=Nc2c(C)cccc2C)s1. The van der Waals surface area contributed by atoms with E-state index >= 15 is 0 Å². The highest BCUT2D eigenvalue weighted by molar-refractivity contribution is 7.16. The molecule has 0 aliphatic carbocycles. The van der Waals surface area contributed by atoms with Crippen molar-refractivity contribution in [2.45, 2.75) is 34.6 Å². The minimum atomic E-state index is 1.03. The van der Waals surface area contributed by atoms with Crippen molar-refractivity contribution in [2.75, 3.05) is 0 Å². The van der Waals surface area contributed by atoms with Gasteiger partial charge in [-0.25, -0.2) is 0 Å². The average Bonchev–Trinajstić information content (AvgIpc) is 3.10. The van der Waals surface area contributed by atoms with Crippen LogP contribution in [0, 0.1) is 20.8 Å². The van der Waals surface area contributed by atoms with E-state index in [1.165, 1.54) is 26.4 Å². The largest absolute Gasteiger partial charge is 0.252 e. The van der Waals surface area contributed by atoms with Gasteiger partial charge in [-0.3, -0.25) is 9.98 Å². The van der Waals surface area contributed by atoms with Crippen molar-refractivity contribution in [3.8, 4) is 0 Å². The fraction of sp³-hybridized carbons (Fsp3) is 0.217. The summed E-state index contributed by atoms with van der Waals surface area (Å²) >= 11 is 1.74. The highest BCUT2D eigenvalue weighted by Crippen LogP contribution is 2.27. The summed E-state index contributed by atoms with van der Waals surface area (Å²) in [5.41, 5.74) is 7.79. The molecule has 0 saturated carbocycles. The molecule has 0 saturated heterocycles. The van der Waals surface area contributed by atoms with Crippen molar-refractivity contribution < 1.29 is 0 Å². The molecule has 2 nitrogen and oxygen atoms in total. The van der Waals surface area contributed by atoms with Crippen LogP contribution in [-0.2, 0) is 0 Å². The molecule has 0 radical (unpaired) electrons. The summed E-state index contributed by atoms with van der Waals surface area (Å²) in [5, 5.41) is 0. The molecule has 3 rings (SSSR count). The molecule has 0 amide bonds. The van der Waals surface area contributed by atoms with Gasteiger partial charge in [0.15, 0.2) is 0 Å². The molecule has 0 atom stereocenters. The number of hydrogen-bond donors (Lipinski definition) is 0. The van der Waals surface area contributed by atoms with Gasteiger partial charge in [-0.15, -0.1) is 11.3 Å². The second-order valence-electron chi connectivity index (χ2n) is 6.59. The van der Waals surface area contributed by atoms with E-state index in [4.69, 9.17) is 9.98 Å². The quantitative estimate of drug-likeness (QED) is 0.450. The van der Waals surface area contributed by atoms with Crippen LogP contribution in [0.1, 0.15) is 40.3 Å². The Labute approximate surface area is 160 Å². The maximum Gasteiger partial charge on any atom is 0.0691 e. The lowest BCUT2D eigenvalue weighted by Crippen LogP contribution is -1.92. The molecule has 0 N–H and O–H groups in total. The Balaban J connectivity index is 1.90. The molecule has 0 bridgehead atoms. The number of hydrogen-bond acceptors (Lipinski definition) is 3. The van der Waals surface area contributed by atoms with E-state index < -0.39 is 0 Å². The number of rotatable bonds is 4. The van der Waals surface area contributed by atoms with Crippen LogP contribution in [0.4, 0.5) is 11.4 Å². The summed E-state index contributed by atoms with van der Waals surface area (Å²) in [6, 6.07) is 18.8. The maximum absolute atomic E-state index is 4.89. The highest BCUT2D eigenvalue weighted by atomic mass is 32.1. The molecule has 1 aromatic heterocycles. The van der Waals surface area contributed by atoms with Crippen LogP contribution < -0.4 is 0 Å². The molecule has 0 unspecified atom stereocenters. The van der Waals surface area contributed by atoms with Gasteiger partial charge in [-0.05, 0) is 69.5 Å². The number of benzene rings is 2. The minimum Gasteiger partial charge on any atom is -0.252 e. The van der Waals surface area contributed by atoms with Crippen molar-refractivity contribution in [2.24, 2.45) is 9.98 Å². The fourth-order valence-electron chi connectivity index (χ4n) is 2.86. The summed E-state index contributed by atoms with van der Waals surface area (Å²) in [4.78, 5) is 12.0. The van der Waals surface area contributed by atoms with E-state index in [9.17, 15) is 0 Å². The van der Waals surface area contributed by atoms with E-state index in [0.29, 0.717) is 0 Å². The maximum atomic E-state index is 4.89. The molecule has 0 aliphatic heterocycles. The highest BCUT2D eigenvalue weighted by Gasteiger charge is 2.08. The average molecular weight is 361 g/mol. The molecule has 0 spiro atoms. The van der Waals surface area contributed by atoms with Gasteiger partial charge in [0.25, 0.3) is 0 Å². The van der Waals surface area contributed by atoms with Crippen molar-refractivity contribution in [3.05, 3.63) is 81.0 Å². The molecule has 132 valence electrons. The van der Waals surface area contributed by atoms with Gasteiger partial charge in [-0.1, -0.05) is 36.4 Å². The zero-order valence-electron chi connectivity index (χ0n) is 16.0. The Morgan fingerprint density at radius 1 is 0.654 bits per heavy atom. The van der Waals surface area contributed by atoms with E-state index in [-0.39, 0.29) is 0 Å². The number of para-hydroxylation sites is 2. The van der Waals surface area contributed by atoms with E-state index in [1.54, 1.807) is 11.3 Å². The molecule has 26 heavy (non-hydrogen) atoms. The van der Waals surface area contributed by atoms with Gasteiger partial charge in [-0.2, -0.15) is 0 Å². The van der Waals surface area contributed by atoms with Crippen LogP contribution >= 0.6 is 11.3 Å². The van der Waals surface area contributed by atoms with Crippen LogP contribution in [0.15, 0.2) is 64.6 Å². The van der Waals surface area contributed by atoms with Gasteiger partial charge in [0, 0.05) is 9.75 Å². The minimum absolute atomic E-state index is 1.03. The predicted molar refractivity (Wildman–Crippen MR) is 115 cm³/mol. The first-order valence-electron chi connectivity index (χ1n) is 8.78. The van der Waals surface area contributed by atoms with Gasteiger partial charge >= 0.3 is 0 Å². The Kier molecular flexibility index (Phi) is 5.48. The number of aryl methyl sites for hydroxylation is 3. The Bertz CT molecular complexity index is 973. The third-order valence-corrected chi connectivity index (χ3v) is 5.74. The molecule has 3 heteroatoms. The van der Waals surface area contributed by atoms with Crippen molar-refractivity contribution in [1.82, 2.24) is 0 Å². The standard InChI is InChI=1S/C23H24N2S/c1-15-9-6-7-12-20(15)24-18(4)21-13-14-22(26-21)19(5)25-23-16(2)10-8-11-17(23)3/h6-14H,1-5H3. The van der Waals surface area contributed by atoms with Gasteiger partial charge < -0.3 is 0 Å². The normalized spacial score (nSPS) is 12.5. The van der Waals surface area contributed by atoms with E-state index in [2.05, 4.69) is 77.1 Å². The topological polar surface area (TPSA) is 24.7 Å². The second kappa shape index (κ2) is 7.79. The van der Waals surface area contributed by atoms with Crippen molar-refractivity contribution >= 4 is 34.1 Å². The smallest absolute Gasteiger partial charge is 0.0691 e. The first kappa shape index (κ1) is 18.3. The summed E-state index contributed by atoms with van der Waals surface area (Å²) in [6.45, 7) is 10.5. The van der Waals surface area contributed by atoms with Crippen LogP contribution in [0.5, 0.6) is 0 Å². The Hall–Kier alpha value is -2.52. The summed E-state index contributed by atoms with van der Waals surface area (Å²) in [7, 11) is 0. The first-order chi connectivity index (χ1) is 12.5. The van der Waals surface area contributed by atoms with E-state index in [1.807, 2.05) is 12.1 Å². The van der Waals surface area contributed by atoms with Crippen LogP contribution in [-0.4, -0.2) is 11.4 Å². The third-order valence-electron chi connectivity index (χ3n) is 4.44. The summed E-state index contributed by atoms with van der Waals surface area (Å²) in [6.07, 6.45) is 0. The lowest BCUT2D eigenvalue weighted by molar-refractivity contribution is 1.32. The van der Waals surface area contributed by atoms with E-state index in [0.717, 1.165) is 22.8 Å². The lowest BCUT2D eigenvalue weighted by Gasteiger charge is -2.05. The van der Waals surface area contributed by atoms with Crippen LogP contribution in [0.3, 0.4) is 0 Å².